The fourth-order valence-corrected chi connectivity index (χ4v) is 2.09. The third-order valence-corrected chi connectivity index (χ3v) is 3.48. The normalized spacial score (nSPS) is 16.8. The molecular weight excluding hydrogens is 277 g/mol. The van der Waals surface area contributed by atoms with Crippen molar-refractivity contribution < 1.29 is 9.53 Å². The summed E-state index contributed by atoms with van der Waals surface area (Å²) < 4.78 is 5.25. The van der Waals surface area contributed by atoms with Gasteiger partial charge in [-0.1, -0.05) is 23.2 Å². The number of halogens is 2. The zero-order chi connectivity index (χ0) is 13.0. The lowest BCUT2D eigenvalue weighted by Crippen LogP contribution is -2.41. The van der Waals surface area contributed by atoms with E-state index >= 15 is 0 Å². The Morgan fingerprint density at radius 1 is 1.44 bits per heavy atom. The van der Waals surface area contributed by atoms with Crippen molar-refractivity contribution >= 4 is 29.1 Å². The number of rotatable bonds is 4. The van der Waals surface area contributed by atoms with E-state index in [-0.39, 0.29) is 11.1 Å². The minimum atomic E-state index is -0.197. The van der Waals surface area contributed by atoms with Crippen LogP contribution in [0.4, 0.5) is 0 Å². The largest absolute Gasteiger partial charge is 0.379 e. The molecule has 7 heteroatoms. The first-order valence-corrected chi connectivity index (χ1v) is 6.54. The Kier molecular flexibility index (Phi) is 4.88. The SMILES string of the molecule is O=C(NCCN1CCOCC1)c1cc(Cl)c(Cl)[nH]1. The summed E-state index contributed by atoms with van der Waals surface area (Å²) in [5.41, 5.74) is 0.381. The smallest absolute Gasteiger partial charge is 0.267 e. The number of aromatic nitrogens is 1. The van der Waals surface area contributed by atoms with Gasteiger partial charge in [0.1, 0.15) is 10.8 Å². The van der Waals surface area contributed by atoms with Crippen LogP contribution in [0.3, 0.4) is 0 Å². The summed E-state index contributed by atoms with van der Waals surface area (Å²) in [4.78, 5) is 16.7. The van der Waals surface area contributed by atoms with Crippen molar-refractivity contribution in [2.75, 3.05) is 39.4 Å². The third-order valence-electron chi connectivity index (χ3n) is 2.79. The molecule has 2 rings (SSSR count). The molecule has 0 unspecified atom stereocenters. The van der Waals surface area contributed by atoms with E-state index in [1.54, 1.807) is 0 Å². The van der Waals surface area contributed by atoms with Gasteiger partial charge in [-0.05, 0) is 6.07 Å². The van der Waals surface area contributed by atoms with Crippen LogP contribution in [0.2, 0.25) is 10.2 Å². The molecule has 18 heavy (non-hydrogen) atoms. The van der Waals surface area contributed by atoms with Crippen LogP contribution < -0.4 is 5.32 Å². The maximum Gasteiger partial charge on any atom is 0.267 e. The van der Waals surface area contributed by atoms with Crippen LogP contribution in [0.5, 0.6) is 0 Å². The molecule has 2 N–H and O–H groups in total. The second kappa shape index (κ2) is 6.43. The van der Waals surface area contributed by atoms with Gasteiger partial charge in [0.05, 0.1) is 18.2 Å². The summed E-state index contributed by atoms with van der Waals surface area (Å²) in [7, 11) is 0. The first-order chi connectivity index (χ1) is 8.66. The van der Waals surface area contributed by atoms with Crippen molar-refractivity contribution in [2.24, 2.45) is 0 Å². The van der Waals surface area contributed by atoms with Gasteiger partial charge >= 0.3 is 0 Å². The molecule has 0 bridgehead atoms. The van der Waals surface area contributed by atoms with E-state index in [0.29, 0.717) is 17.3 Å². The molecule has 1 saturated heterocycles. The van der Waals surface area contributed by atoms with Gasteiger partial charge in [0.25, 0.3) is 5.91 Å². The summed E-state index contributed by atoms with van der Waals surface area (Å²) >= 11 is 11.5. The van der Waals surface area contributed by atoms with Gasteiger partial charge in [-0.3, -0.25) is 9.69 Å². The molecule has 0 spiro atoms. The van der Waals surface area contributed by atoms with Gasteiger partial charge in [0, 0.05) is 26.2 Å². The van der Waals surface area contributed by atoms with Crippen molar-refractivity contribution in [1.82, 2.24) is 15.2 Å². The molecule has 1 amide bonds. The van der Waals surface area contributed by atoms with E-state index < -0.39 is 0 Å². The number of H-pyrrole nitrogens is 1. The van der Waals surface area contributed by atoms with Crippen molar-refractivity contribution in [3.63, 3.8) is 0 Å². The maximum atomic E-state index is 11.7. The van der Waals surface area contributed by atoms with E-state index in [1.807, 2.05) is 0 Å². The second-order valence-electron chi connectivity index (χ2n) is 4.05. The van der Waals surface area contributed by atoms with Crippen molar-refractivity contribution in [3.05, 3.63) is 21.9 Å². The molecule has 1 aliphatic heterocycles. The topological polar surface area (TPSA) is 57.4 Å². The monoisotopic (exact) mass is 291 g/mol. The minimum Gasteiger partial charge on any atom is -0.379 e. The summed E-state index contributed by atoms with van der Waals surface area (Å²) in [6.07, 6.45) is 0. The number of carbonyl (C=O) groups is 1. The summed E-state index contributed by atoms with van der Waals surface area (Å²) in [5.74, 6) is -0.197. The Labute approximate surface area is 115 Å². The molecule has 1 fully saturated rings. The van der Waals surface area contributed by atoms with Crippen molar-refractivity contribution in [2.45, 2.75) is 0 Å². The fourth-order valence-electron chi connectivity index (χ4n) is 1.77. The van der Waals surface area contributed by atoms with Gasteiger partial charge in [-0.2, -0.15) is 0 Å². The number of hydrogen-bond acceptors (Lipinski definition) is 3. The number of ether oxygens (including phenoxy) is 1. The zero-order valence-electron chi connectivity index (χ0n) is 9.84. The Bertz CT molecular complexity index is 397. The Morgan fingerprint density at radius 2 is 2.17 bits per heavy atom. The first-order valence-electron chi connectivity index (χ1n) is 5.79. The highest BCUT2D eigenvalue weighted by atomic mass is 35.5. The fraction of sp³-hybridized carbons (Fsp3) is 0.545. The third kappa shape index (κ3) is 3.62. The predicted molar refractivity (Wildman–Crippen MR) is 70.4 cm³/mol. The number of aromatic amines is 1. The van der Waals surface area contributed by atoms with E-state index in [1.165, 1.54) is 6.07 Å². The van der Waals surface area contributed by atoms with E-state index in [2.05, 4.69) is 15.2 Å². The molecule has 1 aromatic heterocycles. The maximum absolute atomic E-state index is 11.7. The van der Waals surface area contributed by atoms with Crippen LogP contribution >= 0.6 is 23.2 Å². The standard InChI is InChI=1S/C11H15Cl2N3O2/c12-8-7-9(15-10(8)13)11(17)14-1-2-16-3-5-18-6-4-16/h7,15H,1-6H2,(H,14,17). The van der Waals surface area contributed by atoms with Crippen LogP contribution in [0.1, 0.15) is 10.5 Å². The molecule has 100 valence electrons. The molecule has 0 saturated carbocycles. The number of amides is 1. The Hall–Kier alpha value is -0.750. The van der Waals surface area contributed by atoms with Gasteiger partial charge in [0.2, 0.25) is 0 Å². The Morgan fingerprint density at radius 3 is 2.78 bits per heavy atom. The number of morpholine rings is 1. The minimum absolute atomic E-state index is 0.197. The summed E-state index contributed by atoms with van der Waals surface area (Å²) in [6.45, 7) is 4.75. The van der Waals surface area contributed by atoms with Crippen LogP contribution in [-0.4, -0.2) is 55.2 Å². The zero-order valence-corrected chi connectivity index (χ0v) is 11.4. The molecule has 2 heterocycles. The first kappa shape index (κ1) is 13.7. The molecule has 0 aromatic carbocycles. The lowest BCUT2D eigenvalue weighted by Gasteiger charge is -2.26. The number of hydrogen-bond donors (Lipinski definition) is 2. The summed E-state index contributed by atoms with van der Waals surface area (Å²) in [6, 6.07) is 1.52. The highest BCUT2D eigenvalue weighted by Gasteiger charge is 2.13. The van der Waals surface area contributed by atoms with Crippen LogP contribution in [0, 0.1) is 0 Å². The molecule has 0 atom stereocenters. The van der Waals surface area contributed by atoms with Crippen LogP contribution in [-0.2, 0) is 4.74 Å². The molecule has 1 aromatic rings. The number of nitrogens with one attached hydrogen (secondary N) is 2. The van der Waals surface area contributed by atoms with Gasteiger partial charge in [-0.15, -0.1) is 0 Å². The highest BCUT2D eigenvalue weighted by Crippen LogP contribution is 2.21. The van der Waals surface area contributed by atoms with Crippen LogP contribution in [0.25, 0.3) is 0 Å². The number of nitrogens with zero attached hydrogens (tertiary/aromatic N) is 1. The van der Waals surface area contributed by atoms with Gasteiger partial charge < -0.3 is 15.0 Å². The van der Waals surface area contributed by atoms with E-state index in [9.17, 15) is 4.79 Å². The highest BCUT2D eigenvalue weighted by molar-refractivity contribution is 6.41. The van der Waals surface area contributed by atoms with Crippen LogP contribution in [0.15, 0.2) is 6.07 Å². The molecular formula is C11H15Cl2N3O2. The molecule has 5 nitrogen and oxygen atoms in total. The molecule has 0 radical (unpaired) electrons. The van der Waals surface area contributed by atoms with Gasteiger partial charge in [0.15, 0.2) is 0 Å². The van der Waals surface area contributed by atoms with E-state index in [0.717, 1.165) is 32.8 Å². The lowest BCUT2D eigenvalue weighted by atomic mass is 10.4. The van der Waals surface area contributed by atoms with Crippen molar-refractivity contribution in [3.8, 4) is 0 Å². The number of carbonyl (C=O) groups excluding carboxylic acids is 1. The second-order valence-corrected chi connectivity index (χ2v) is 4.84. The average molecular weight is 292 g/mol. The lowest BCUT2D eigenvalue weighted by molar-refractivity contribution is 0.0383. The van der Waals surface area contributed by atoms with E-state index in [4.69, 9.17) is 27.9 Å². The Balaban J connectivity index is 1.74. The molecule has 0 aliphatic carbocycles. The summed E-state index contributed by atoms with van der Waals surface area (Å²) in [5, 5.41) is 3.46. The molecule has 1 aliphatic rings. The average Bonchev–Trinajstić information content (AvgIpc) is 2.71. The predicted octanol–water partition coefficient (Wildman–Crippen LogP) is 1.38. The van der Waals surface area contributed by atoms with Crippen molar-refractivity contribution in [1.29, 1.82) is 0 Å². The quantitative estimate of drug-likeness (QED) is 0.881. The van der Waals surface area contributed by atoms with Gasteiger partial charge in [-0.25, -0.2) is 0 Å².